The number of nitrogens with zero attached hydrogens (tertiary/aromatic N) is 2. The summed E-state index contributed by atoms with van der Waals surface area (Å²) in [4.78, 5) is 12.1. The van der Waals surface area contributed by atoms with Crippen LogP contribution in [0.4, 0.5) is 0 Å². The van der Waals surface area contributed by atoms with Crippen molar-refractivity contribution in [1.82, 2.24) is 5.01 Å². The Morgan fingerprint density at radius 3 is 2.48 bits per heavy atom. The van der Waals surface area contributed by atoms with Gasteiger partial charge in [0.05, 0.1) is 11.8 Å². The first-order valence-corrected chi connectivity index (χ1v) is 9.58. The van der Waals surface area contributed by atoms with Gasteiger partial charge in [-0.15, -0.1) is 0 Å². The van der Waals surface area contributed by atoms with Gasteiger partial charge in [-0.25, -0.2) is 5.01 Å². The van der Waals surface area contributed by atoms with Crippen LogP contribution in [0.2, 0.25) is 5.02 Å². The van der Waals surface area contributed by atoms with Gasteiger partial charge in [0.2, 0.25) is 5.91 Å². The molecule has 1 heterocycles. The van der Waals surface area contributed by atoms with E-state index in [1.54, 1.807) is 24.3 Å². The number of ether oxygens (including phenoxy) is 1. The minimum Gasteiger partial charge on any atom is -0.504 e. The summed E-state index contributed by atoms with van der Waals surface area (Å²) in [5.74, 6) is 0.863. The SMILES string of the molecule is CC(=O)N1N=C(c2ccc(Oc3ccccc3)c(O)c2)CC1c1ccc(Cl)cc1. The first-order chi connectivity index (χ1) is 14.0. The molecule has 0 bridgehead atoms. The van der Waals surface area contributed by atoms with E-state index in [4.69, 9.17) is 16.3 Å². The highest BCUT2D eigenvalue weighted by molar-refractivity contribution is 6.30. The zero-order valence-electron chi connectivity index (χ0n) is 15.7. The minimum absolute atomic E-state index is 0.0124. The van der Waals surface area contributed by atoms with Crippen LogP contribution < -0.4 is 4.74 Å². The number of phenolic OH excluding ortho intramolecular Hbond substituents is 1. The van der Waals surface area contributed by atoms with Crippen LogP contribution in [0.25, 0.3) is 0 Å². The number of carbonyl (C=O) groups is 1. The molecular formula is C23H19ClN2O3. The number of amides is 1. The van der Waals surface area contributed by atoms with E-state index in [0.717, 1.165) is 16.8 Å². The number of carbonyl (C=O) groups excluding carboxylic acids is 1. The number of aromatic hydroxyl groups is 1. The zero-order chi connectivity index (χ0) is 20.4. The summed E-state index contributed by atoms with van der Waals surface area (Å²) >= 11 is 5.98. The number of phenols is 1. The lowest BCUT2D eigenvalue weighted by Crippen LogP contribution is -2.24. The lowest BCUT2D eigenvalue weighted by Gasteiger charge is -2.20. The molecule has 0 radical (unpaired) electrons. The quantitative estimate of drug-likeness (QED) is 0.619. The van der Waals surface area contributed by atoms with E-state index in [1.165, 1.54) is 11.9 Å². The van der Waals surface area contributed by atoms with Gasteiger partial charge in [0, 0.05) is 23.9 Å². The van der Waals surface area contributed by atoms with Gasteiger partial charge in [0.25, 0.3) is 0 Å². The number of rotatable bonds is 4. The van der Waals surface area contributed by atoms with Crippen molar-refractivity contribution in [3.63, 3.8) is 0 Å². The normalized spacial score (nSPS) is 15.9. The second-order valence-corrected chi connectivity index (χ2v) is 7.22. The molecular weight excluding hydrogens is 388 g/mol. The highest BCUT2D eigenvalue weighted by Crippen LogP contribution is 2.36. The molecule has 1 amide bonds. The van der Waals surface area contributed by atoms with Gasteiger partial charge in [-0.1, -0.05) is 41.9 Å². The standard InChI is InChI=1S/C23H19ClN2O3/c1-15(27)26-21(16-7-10-18(24)11-8-16)14-20(25-26)17-9-12-23(22(28)13-17)29-19-5-3-2-4-6-19/h2-13,21,28H,14H2,1H3. The van der Waals surface area contributed by atoms with Gasteiger partial charge >= 0.3 is 0 Å². The van der Waals surface area contributed by atoms with Crippen LogP contribution in [0, 0.1) is 0 Å². The predicted molar refractivity (Wildman–Crippen MR) is 112 cm³/mol. The van der Waals surface area contributed by atoms with Crippen LogP contribution in [-0.4, -0.2) is 21.7 Å². The summed E-state index contributed by atoms with van der Waals surface area (Å²) in [6.45, 7) is 1.49. The van der Waals surface area contributed by atoms with Crippen LogP contribution in [0.1, 0.15) is 30.5 Å². The monoisotopic (exact) mass is 406 g/mol. The Morgan fingerprint density at radius 1 is 1.10 bits per heavy atom. The fourth-order valence-electron chi connectivity index (χ4n) is 3.32. The first kappa shape index (κ1) is 19.0. The summed E-state index contributed by atoms with van der Waals surface area (Å²) in [7, 11) is 0. The van der Waals surface area contributed by atoms with Crippen LogP contribution in [0.15, 0.2) is 77.9 Å². The summed E-state index contributed by atoms with van der Waals surface area (Å²) in [6, 6.07) is 21.6. The van der Waals surface area contributed by atoms with Crippen molar-refractivity contribution < 1.29 is 14.6 Å². The lowest BCUT2D eigenvalue weighted by molar-refractivity contribution is -0.130. The second-order valence-electron chi connectivity index (χ2n) is 6.78. The van der Waals surface area contributed by atoms with E-state index >= 15 is 0 Å². The second kappa shape index (κ2) is 7.97. The van der Waals surface area contributed by atoms with Crippen molar-refractivity contribution in [3.05, 3.63) is 88.9 Å². The van der Waals surface area contributed by atoms with Gasteiger partial charge in [-0.05, 0) is 48.0 Å². The van der Waals surface area contributed by atoms with E-state index in [2.05, 4.69) is 5.10 Å². The largest absolute Gasteiger partial charge is 0.504 e. The molecule has 0 aromatic heterocycles. The Bertz CT molecular complexity index is 1070. The Balaban J connectivity index is 1.59. The molecule has 4 rings (SSSR count). The fourth-order valence-corrected chi connectivity index (χ4v) is 3.44. The predicted octanol–water partition coefficient (Wildman–Crippen LogP) is 5.54. The number of hydrogen-bond donors (Lipinski definition) is 1. The van der Waals surface area contributed by atoms with Crippen molar-refractivity contribution in [1.29, 1.82) is 0 Å². The van der Waals surface area contributed by atoms with Crippen molar-refractivity contribution in [3.8, 4) is 17.2 Å². The maximum absolute atomic E-state index is 12.1. The van der Waals surface area contributed by atoms with E-state index < -0.39 is 0 Å². The molecule has 1 N–H and O–H groups in total. The van der Waals surface area contributed by atoms with Crippen molar-refractivity contribution in [2.24, 2.45) is 5.10 Å². The minimum atomic E-state index is -0.206. The molecule has 0 aliphatic carbocycles. The third-order valence-corrected chi connectivity index (χ3v) is 5.00. The molecule has 1 atom stereocenters. The number of benzene rings is 3. The Hall–Kier alpha value is -3.31. The van der Waals surface area contributed by atoms with Gasteiger partial charge in [-0.2, -0.15) is 5.10 Å². The Labute approximate surface area is 173 Å². The van der Waals surface area contributed by atoms with E-state index in [1.807, 2.05) is 48.5 Å². The van der Waals surface area contributed by atoms with Crippen molar-refractivity contribution in [2.45, 2.75) is 19.4 Å². The average molecular weight is 407 g/mol. The molecule has 0 saturated carbocycles. The summed E-state index contributed by atoms with van der Waals surface area (Å²) in [5.41, 5.74) is 2.42. The zero-order valence-corrected chi connectivity index (χ0v) is 16.5. The third kappa shape index (κ3) is 4.10. The van der Waals surface area contributed by atoms with Gasteiger partial charge in [0.1, 0.15) is 5.75 Å². The highest BCUT2D eigenvalue weighted by atomic mass is 35.5. The highest BCUT2D eigenvalue weighted by Gasteiger charge is 2.31. The number of hydrogen-bond acceptors (Lipinski definition) is 4. The van der Waals surface area contributed by atoms with Crippen LogP contribution in [-0.2, 0) is 4.79 Å². The molecule has 3 aromatic carbocycles. The maximum Gasteiger partial charge on any atom is 0.240 e. The number of halogens is 1. The van der Waals surface area contributed by atoms with E-state index in [0.29, 0.717) is 22.9 Å². The van der Waals surface area contributed by atoms with Crippen molar-refractivity contribution in [2.75, 3.05) is 0 Å². The van der Waals surface area contributed by atoms with Crippen molar-refractivity contribution >= 4 is 23.2 Å². The topological polar surface area (TPSA) is 62.1 Å². The van der Waals surface area contributed by atoms with Gasteiger partial charge in [0.15, 0.2) is 11.5 Å². The molecule has 1 unspecified atom stereocenters. The van der Waals surface area contributed by atoms with E-state index in [-0.39, 0.29) is 17.7 Å². The van der Waals surface area contributed by atoms with Gasteiger partial charge < -0.3 is 9.84 Å². The smallest absolute Gasteiger partial charge is 0.240 e. The summed E-state index contributed by atoms with van der Waals surface area (Å²) < 4.78 is 5.72. The third-order valence-electron chi connectivity index (χ3n) is 4.75. The molecule has 0 saturated heterocycles. The number of para-hydroxylation sites is 1. The molecule has 1 aliphatic heterocycles. The number of hydrazone groups is 1. The molecule has 0 fully saturated rings. The average Bonchev–Trinajstić information content (AvgIpc) is 3.17. The summed E-state index contributed by atoms with van der Waals surface area (Å²) in [5, 5.41) is 17.1. The Morgan fingerprint density at radius 2 is 1.83 bits per heavy atom. The molecule has 6 heteroatoms. The summed E-state index contributed by atoms with van der Waals surface area (Å²) in [6.07, 6.45) is 0.541. The molecule has 0 spiro atoms. The van der Waals surface area contributed by atoms with Gasteiger partial charge in [-0.3, -0.25) is 4.79 Å². The molecule has 29 heavy (non-hydrogen) atoms. The molecule has 146 valence electrons. The maximum atomic E-state index is 12.1. The first-order valence-electron chi connectivity index (χ1n) is 9.20. The van der Waals surface area contributed by atoms with Crippen LogP contribution in [0.5, 0.6) is 17.2 Å². The lowest BCUT2D eigenvalue weighted by atomic mass is 9.98. The van der Waals surface area contributed by atoms with Crippen LogP contribution >= 0.6 is 11.6 Å². The van der Waals surface area contributed by atoms with Crippen LogP contribution in [0.3, 0.4) is 0 Å². The van der Waals surface area contributed by atoms with E-state index in [9.17, 15) is 9.90 Å². The molecule has 5 nitrogen and oxygen atoms in total. The molecule has 1 aliphatic rings. The molecule has 3 aromatic rings. The Kier molecular flexibility index (Phi) is 5.23. The fraction of sp³-hybridized carbons (Fsp3) is 0.130.